The van der Waals surface area contributed by atoms with Crippen LogP contribution in [0.4, 0.5) is 0 Å². The third-order valence-electron chi connectivity index (χ3n) is 16.5. The lowest BCUT2D eigenvalue weighted by Crippen LogP contribution is -2.71. The van der Waals surface area contributed by atoms with E-state index in [0.717, 1.165) is 89.3 Å². The van der Waals surface area contributed by atoms with Gasteiger partial charge in [0, 0.05) is 42.1 Å². The number of nitrogens with two attached hydrogens (primary N) is 2. The number of piperidine rings is 2. The van der Waals surface area contributed by atoms with Crippen molar-refractivity contribution in [2.45, 2.75) is 171 Å². The molecule has 2 bridgehead atoms. The molecule has 3 saturated carbocycles. The van der Waals surface area contributed by atoms with Crippen LogP contribution in [-0.4, -0.2) is 101 Å². The predicted octanol–water partition coefficient (Wildman–Crippen LogP) is 3.29. The lowest BCUT2D eigenvalue weighted by Gasteiger charge is -2.62. The number of ether oxygens (including phenoxy) is 3. The molecule has 0 spiro atoms. The van der Waals surface area contributed by atoms with Gasteiger partial charge in [0.25, 0.3) is 0 Å². The lowest BCUT2D eigenvalue weighted by molar-refractivity contribution is -0.304. The minimum absolute atomic E-state index is 0.0315. The summed E-state index contributed by atoms with van der Waals surface area (Å²) in [6.45, 7) is 5.28. The number of Topliss-reactive ketones (excluding diaryl/α,β-unsaturated/α-hetero) is 1. The van der Waals surface area contributed by atoms with Crippen LogP contribution in [0.15, 0.2) is 11.6 Å². The molecule has 12 nitrogen and oxygen atoms in total. The standard InChI is InChI=1S/C46H72N4O8/c1-3-32(26-8-4-5-9-26)45(55)57-36-22-34-42(54)40-35(53)21-31(24-51)56-44(40)41-39(28-16-17-49-38(48)20-28)33(27-10-6-12-30(52)19-27)13-7-11-29(46(36,2)58-43(34)41)18-25-14-15-37(47)50-23-25/h3,25-31,33-34,36-44,49-52,54H,4-6,8-12,14-24,47-48H2,1-2H3. The first-order valence-electron chi connectivity index (χ1n) is 23.1. The molecule has 324 valence electrons. The minimum Gasteiger partial charge on any atom is -0.456 e. The summed E-state index contributed by atoms with van der Waals surface area (Å²) >= 11 is 0. The molecule has 5 aliphatic heterocycles. The Morgan fingerprint density at radius 1 is 0.966 bits per heavy atom. The van der Waals surface area contributed by atoms with Crippen LogP contribution >= 0.6 is 0 Å². The number of aliphatic hydroxyl groups is 3. The van der Waals surface area contributed by atoms with E-state index in [9.17, 15) is 24.9 Å². The van der Waals surface area contributed by atoms with Gasteiger partial charge in [0.05, 0.1) is 55.4 Å². The Morgan fingerprint density at radius 3 is 2.48 bits per heavy atom. The van der Waals surface area contributed by atoms with Crippen LogP contribution in [0.5, 0.6) is 0 Å². The van der Waals surface area contributed by atoms with E-state index in [1.54, 1.807) is 0 Å². The predicted molar refractivity (Wildman–Crippen MR) is 218 cm³/mol. The Balaban J connectivity index is 1.27. The van der Waals surface area contributed by atoms with Crippen LogP contribution in [0, 0.1) is 71.0 Å². The summed E-state index contributed by atoms with van der Waals surface area (Å²) in [6, 6.07) is 0. The van der Waals surface area contributed by atoms with Gasteiger partial charge >= 0.3 is 5.97 Å². The van der Waals surface area contributed by atoms with Gasteiger partial charge in [-0.2, -0.15) is 0 Å². The molecule has 5 heterocycles. The molecule has 0 radical (unpaired) electrons. The highest BCUT2D eigenvalue weighted by atomic mass is 16.6. The van der Waals surface area contributed by atoms with E-state index in [1.165, 1.54) is 0 Å². The molecule has 18 unspecified atom stereocenters. The number of allylic oxidation sites excluding steroid dienone is 1. The van der Waals surface area contributed by atoms with E-state index in [4.69, 9.17) is 25.7 Å². The fraction of sp³-hybridized carbons (Fsp3) is 0.870. The zero-order valence-electron chi connectivity index (χ0n) is 34.9. The molecule has 0 amide bonds. The highest BCUT2D eigenvalue weighted by Crippen LogP contribution is 2.57. The molecular weight excluding hydrogens is 737 g/mol. The van der Waals surface area contributed by atoms with Crippen LogP contribution in [0.3, 0.4) is 0 Å². The van der Waals surface area contributed by atoms with Crippen molar-refractivity contribution in [2.24, 2.45) is 70.6 Å². The Bertz CT molecular complexity index is 1550. The smallest absolute Gasteiger partial charge is 0.334 e. The lowest BCUT2D eigenvalue weighted by atomic mass is 9.53. The van der Waals surface area contributed by atoms with Crippen molar-refractivity contribution in [3.63, 3.8) is 0 Å². The minimum atomic E-state index is -1.08. The normalized spacial score (nSPS) is 47.7. The van der Waals surface area contributed by atoms with E-state index < -0.39 is 54.1 Å². The molecule has 12 heteroatoms. The Morgan fingerprint density at radius 2 is 1.78 bits per heavy atom. The van der Waals surface area contributed by atoms with Crippen molar-refractivity contribution in [3.8, 4) is 11.8 Å². The number of hydrogen-bond donors (Lipinski definition) is 7. The first-order chi connectivity index (χ1) is 28.0. The number of ketones is 1. The second-order valence-corrected chi connectivity index (χ2v) is 19.9. The fourth-order valence-corrected chi connectivity index (χ4v) is 13.5. The molecule has 18 atom stereocenters. The number of carbonyl (C=O) groups excluding carboxylic acids is 2. The SMILES string of the molecule is CC=C(C(=O)OC1CC2C(O)C3C(=O)CC(CO)OC3C3C2OC1(C)C(CC1CCC(N)NC1)CC#CC(C1CCCC(O)C1)C3C1CCNC(N)C1)C1CCCC1. The summed E-state index contributed by atoms with van der Waals surface area (Å²) in [4.78, 5) is 28.7. The molecule has 0 aromatic carbocycles. The van der Waals surface area contributed by atoms with Gasteiger partial charge in [0.15, 0.2) is 0 Å². The molecule has 58 heavy (non-hydrogen) atoms. The van der Waals surface area contributed by atoms with Gasteiger partial charge in [-0.1, -0.05) is 31.3 Å². The van der Waals surface area contributed by atoms with Crippen LogP contribution in [0.25, 0.3) is 0 Å². The molecule has 4 saturated heterocycles. The topological polar surface area (TPSA) is 199 Å². The number of esters is 1. The number of rotatable bonds is 8. The molecule has 3 aliphatic carbocycles. The quantitative estimate of drug-likeness (QED) is 0.108. The zero-order valence-corrected chi connectivity index (χ0v) is 34.9. The second kappa shape index (κ2) is 18.2. The third kappa shape index (κ3) is 8.48. The van der Waals surface area contributed by atoms with Gasteiger partial charge in [-0.15, -0.1) is 5.92 Å². The van der Waals surface area contributed by atoms with E-state index in [1.807, 2.05) is 13.0 Å². The first kappa shape index (κ1) is 42.8. The third-order valence-corrected chi connectivity index (χ3v) is 16.5. The van der Waals surface area contributed by atoms with E-state index in [-0.39, 0.29) is 78.5 Å². The highest BCUT2D eigenvalue weighted by Gasteiger charge is 2.65. The first-order valence-corrected chi connectivity index (χ1v) is 23.1. The van der Waals surface area contributed by atoms with Gasteiger partial charge in [0.1, 0.15) is 17.5 Å². The van der Waals surface area contributed by atoms with Crippen molar-refractivity contribution in [1.29, 1.82) is 0 Å². The van der Waals surface area contributed by atoms with Gasteiger partial charge < -0.3 is 51.6 Å². The van der Waals surface area contributed by atoms with Gasteiger partial charge in [-0.05, 0) is 127 Å². The second-order valence-electron chi connectivity index (χ2n) is 19.9. The number of aliphatic hydroxyl groups excluding tert-OH is 3. The maximum absolute atomic E-state index is 14.4. The van der Waals surface area contributed by atoms with E-state index in [0.29, 0.717) is 31.6 Å². The fourth-order valence-electron chi connectivity index (χ4n) is 13.5. The highest BCUT2D eigenvalue weighted by molar-refractivity contribution is 5.89. The van der Waals surface area contributed by atoms with Crippen LogP contribution in [0.2, 0.25) is 0 Å². The summed E-state index contributed by atoms with van der Waals surface area (Å²) in [6.07, 6.45) is 10.2. The molecule has 8 aliphatic rings. The van der Waals surface area contributed by atoms with Gasteiger partial charge in [0.2, 0.25) is 0 Å². The average molecular weight is 809 g/mol. The Labute approximate surface area is 345 Å². The maximum Gasteiger partial charge on any atom is 0.334 e. The molecule has 7 fully saturated rings. The van der Waals surface area contributed by atoms with Crippen molar-refractivity contribution in [3.05, 3.63) is 11.6 Å². The summed E-state index contributed by atoms with van der Waals surface area (Å²) in [5.74, 6) is 5.95. The van der Waals surface area contributed by atoms with Crippen molar-refractivity contribution < 1.29 is 39.1 Å². The number of carbonyl (C=O) groups is 2. The molecule has 8 rings (SSSR count). The molecular formula is C46H72N4O8. The largest absolute Gasteiger partial charge is 0.456 e. The summed E-state index contributed by atoms with van der Waals surface area (Å²) in [5.41, 5.74) is 12.7. The molecule has 0 aromatic rings. The van der Waals surface area contributed by atoms with Crippen LogP contribution < -0.4 is 22.1 Å². The Kier molecular flexibility index (Phi) is 13.4. The molecule has 9 N–H and O–H groups in total. The van der Waals surface area contributed by atoms with Gasteiger partial charge in [-0.25, -0.2) is 4.79 Å². The van der Waals surface area contributed by atoms with Crippen LogP contribution in [0.1, 0.15) is 117 Å². The van der Waals surface area contributed by atoms with E-state index in [2.05, 4.69) is 29.4 Å². The van der Waals surface area contributed by atoms with Crippen molar-refractivity contribution in [2.75, 3.05) is 19.7 Å². The van der Waals surface area contributed by atoms with Crippen molar-refractivity contribution >= 4 is 11.8 Å². The average Bonchev–Trinajstić information content (AvgIpc) is 3.74. The zero-order chi connectivity index (χ0) is 40.7. The van der Waals surface area contributed by atoms with Crippen LogP contribution in [-0.2, 0) is 23.8 Å². The number of nitrogens with one attached hydrogen (secondary N) is 2. The van der Waals surface area contributed by atoms with Crippen molar-refractivity contribution in [1.82, 2.24) is 10.6 Å². The Hall–Kier alpha value is -1.92. The van der Waals surface area contributed by atoms with E-state index >= 15 is 0 Å². The summed E-state index contributed by atoms with van der Waals surface area (Å²) in [5, 5.41) is 41.1. The van der Waals surface area contributed by atoms with Gasteiger partial charge in [-0.3, -0.25) is 4.79 Å². The maximum atomic E-state index is 14.4. The molecule has 0 aromatic heterocycles. The number of fused-ring (bicyclic) bond motifs is 3. The number of hydrogen-bond acceptors (Lipinski definition) is 12. The monoisotopic (exact) mass is 809 g/mol. The summed E-state index contributed by atoms with van der Waals surface area (Å²) < 4.78 is 21.3. The summed E-state index contributed by atoms with van der Waals surface area (Å²) in [7, 11) is 0.